The minimum atomic E-state index is -6.09. The van der Waals surface area contributed by atoms with Crippen molar-refractivity contribution in [1.82, 2.24) is 0 Å². The summed E-state index contributed by atoms with van der Waals surface area (Å²) in [4.78, 5) is 12.6. The fourth-order valence-corrected chi connectivity index (χ4v) is 10.1. The predicted molar refractivity (Wildman–Crippen MR) is 106 cm³/mol. The van der Waals surface area contributed by atoms with Gasteiger partial charge in [0.2, 0.25) is 0 Å². The van der Waals surface area contributed by atoms with E-state index in [0.717, 1.165) is 28.8 Å². The molecule has 0 amide bonds. The van der Waals surface area contributed by atoms with Crippen LogP contribution >= 0.6 is 0 Å². The molecule has 168 valence electrons. The lowest BCUT2D eigenvalue weighted by atomic mass is 9.98. The Morgan fingerprint density at radius 1 is 0.897 bits per heavy atom. The molecule has 0 aromatic carbocycles. The highest BCUT2D eigenvalue weighted by Crippen LogP contribution is 2.51. The van der Waals surface area contributed by atoms with Crippen LogP contribution in [0.5, 0.6) is 0 Å². The highest BCUT2D eigenvalue weighted by Gasteiger charge is 2.55. The standard InChI is InChI=1S/C19H31OS.CHF3O3S/c20-17-8-4-5-9-18(17)21(16-6-2-1-3-7-16)19-13-14-10-11-15(19)12-14;2-1(3,4)8(5,6)7/h14-16,18-19H,1-13H2;(H,5,6,7)/q+1;/p-1. The number of alkyl halides is 3. The lowest BCUT2D eigenvalue weighted by molar-refractivity contribution is -0.119. The van der Waals surface area contributed by atoms with Crippen LogP contribution in [-0.2, 0) is 25.8 Å². The van der Waals surface area contributed by atoms with Crippen molar-refractivity contribution in [3.05, 3.63) is 0 Å². The molecule has 9 heteroatoms. The Bertz CT molecular complexity index is 674. The third-order valence-electron chi connectivity index (χ3n) is 7.07. The van der Waals surface area contributed by atoms with E-state index in [4.69, 9.17) is 13.0 Å². The van der Waals surface area contributed by atoms with Gasteiger partial charge < -0.3 is 4.55 Å². The van der Waals surface area contributed by atoms with Gasteiger partial charge in [-0.1, -0.05) is 6.42 Å². The second-order valence-electron chi connectivity index (χ2n) is 8.98. The summed E-state index contributed by atoms with van der Waals surface area (Å²) in [6.45, 7) is 0. The number of Topliss-reactive ketones (excluding diaryl/α,β-unsaturated/α-hetero) is 1. The number of fused-ring (bicyclic) bond motifs is 2. The van der Waals surface area contributed by atoms with E-state index in [9.17, 15) is 18.0 Å². The molecule has 4 aliphatic rings. The van der Waals surface area contributed by atoms with E-state index in [1.165, 1.54) is 77.0 Å². The SMILES string of the molecule is O=C1CCCCC1[S+](C1CCCCC1)C1CC2CCC1C2.O=S(=O)([O-])C(F)(F)F. The Morgan fingerprint density at radius 3 is 2.00 bits per heavy atom. The summed E-state index contributed by atoms with van der Waals surface area (Å²) < 4.78 is 58.9. The third-order valence-corrected chi connectivity index (χ3v) is 11.3. The molecule has 4 nitrogen and oxygen atoms in total. The second kappa shape index (κ2) is 9.47. The van der Waals surface area contributed by atoms with Gasteiger partial charge in [-0.2, -0.15) is 13.2 Å². The normalized spacial score (nSPS) is 34.6. The first-order valence-corrected chi connectivity index (χ1v) is 13.7. The molecule has 4 rings (SSSR count). The Kier molecular flexibility index (Phi) is 7.63. The van der Waals surface area contributed by atoms with Gasteiger partial charge in [-0.3, -0.25) is 4.79 Å². The topological polar surface area (TPSA) is 74.3 Å². The highest BCUT2D eigenvalue weighted by molar-refractivity contribution is 7.99. The molecule has 5 atom stereocenters. The molecule has 0 heterocycles. The first-order chi connectivity index (χ1) is 13.6. The van der Waals surface area contributed by atoms with Crippen molar-refractivity contribution >= 4 is 26.8 Å². The van der Waals surface area contributed by atoms with Gasteiger partial charge in [0.15, 0.2) is 21.2 Å². The molecule has 29 heavy (non-hydrogen) atoms. The van der Waals surface area contributed by atoms with Crippen molar-refractivity contribution in [1.29, 1.82) is 0 Å². The zero-order chi connectivity index (χ0) is 21.2. The number of hydrogen-bond donors (Lipinski definition) is 0. The van der Waals surface area contributed by atoms with Crippen molar-refractivity contribution in [2.24, 2.45) is 11.8 Å². The average molecular weight is 457 g/mol. The first kappa shape index (κ1) is 23.4. The summed E-state index contributed by atoms with van der Waals surface area (Å²) in [7, 11) is -5.64. The Hall–Kier alpha value is -0.280. The molecular formula is C20H31F3O4S2. The van der Waals surface area contributed by atoms with Gasteiger partial charge in [0.25, 0.3) is 0 Å². The number of carbonyl (C=O) groups excluding carboxylic acids is 1. The van der Waals surface area contributed by atoms with Crippen molar-refractivity contribution in [2.75, 3.05) is 0 Å². The molecule has 0 aromatic heterocycles. The van der Waals surface area contributed by atoms with E-state index in [1.54, 1.807) is 0 Å². The minimum absolute atomic E-state index is 0.448. The quantitative estimate of drug-likeness (QED) is 0.351. The fourth-order valence-electron chi connectivity index (χ4n) is 5.79. The number of ketones is 1. The molecule has 5 unspecified atom stereocenters. The van der Waals surface area contributed by atoms with E-state index < -0.39 is 15.6 Å². The molecule has 2 bridgehead atoms. The van der Waals surface area contributed by atoms with Crippen molar-refractivity contribution in [3.63, 3.8) is 0 Å². The van der Waals surface area contributed by atoms with Gasteiger partial charge in [0.05, 0.1) is 0 Å². The summed E-state index contributed by atoms with van der Waals surface area (Å²) >= 11 is 0. The minimum Gasteiger partial charge on any atom is -0.741 e. The summed E-state index contributed by atoms with van der Waals surface area (Å²) in [5.74, 6) is 2.71. The molecule has 0 spiro atoms. The predicted octanol–water partition coefficient (Wildman–Crippen LogP) is 4.69. The molecule has 0 aliphatic heterocycles. The third kappa shape index (κ3) is 5.70. The van der Waals surface area contributed by atoms with Crippen LogP contribution in [0.15, 0.2) is 0 Å². The Labute approximate surface area is 174 Å². The molecule has 0 N–H and O–H groups in total. The number of rotatable bonds is 3. The van der Waals surface area contributed by atoms with E-state index >= 15 is 0 Å². The van der Waals surface area contributed by atoms with Gasteiger partial charge in [0, 0.05) is 29.7 Å². The van der Waals surface area contributed by atoms with Crippen LogP contribution in [0.25, 0.3) is 0 Å². The number of hydrogen-bond acceptors (Lipinski definition) is 4. The van der Waals surface area contributed by atoms with Crippen LogP contribution in [-0.4, -0.2) is 40.0 Å². The van der Waals surface area contributed by atoms with E-state index in [1.807, 2.05) is 0 Å². The summed E-state index contributed by atoms with van der Waals surface area (Å²) in [5.41, 5.74) is -5.65. The first-order valence-electron chi connectivity index (χ1n) is 10.8. The maximum Gasteiger partial charge on any atom is 0.485 e. The molecular weight excluding hydrogens is 425 g/mol. The summed E-state index contributed by atoms with van der Waals surface area (Å²) in [6.07, 6.45) is 17.9. The number of carbonyl (C=O) groups is 1. The van der Waals surface area contributed by atoms with Crippen LogP contribution in [0.3, 0.4) is 0 Å². The molecule has 4 fully saturated rings. The van der Waals surface area contributed by atoms with Gasteiger partial charge in [0.1, 0.15) is 10.5 Å². The van der Waals surface area contributed by atoms with Gasteiger partial charge >= 0.3 is 5.51 Å². The maximum atomic E-state index is 12.6. The largest absolute Gasteiger partial charge is 0.741 e. The maximum absolute atomic E-state index is 12.6. The van der Waals surface area contributed by atoms with Gasteiger partial charge in [-0.15, -0.1) is 0 Å². The molecule has 0 aromatic rings. The van der Waals surface area contributed by atoms with Crippen LogP contribution in [0.1, 0.15) is 83.5 Å². The highest BCUT2D eigenvalue weighted by atomic mass is 32.2. The second-order valence-corrected chi connectivity index (χ2v) is 13.0. The van der Waals surface area contributed by atoms with Crippen LogP contribution in [0, 0.1) is 11.8 Å². The summed E-state index contributed by atoms with van der Waals surface area (Å²) in [6, 6.07) is 0. The molecule has 0 saturated heterocycles. The van der Waals surface area contributed by atoms with E-state index in [0.29, 0.717) is 21.9 Å². The number of halogens is 3. The zero-order valence-electron chi connectivity index (χ0n) is 16.7. The van der Waals surface area contributed by atoms with E-state index in [2.05, 4.69) is 0 Å². The summed E-state index contributed by atoms with van der Waals surface area (Å²) in [5, 5.41) is 2.38. The van der Waals surface area contributed by atoms with Crippen LogP contribution in [0.4, 0.5) is 13.2 Å². The average Bonchev–Trinajstić information content (AvgIpc) is 3.27. The van der Waals surface area contributed by atoms with Crippen LogP contribution < -0.4 is 0 Å². The van der Waals surface area contributed by atoms with Crippen molar-refractivity contribution in [3.8, 4) is 0 Å². The molecule has 4 saturated carbocycles. The fraction of sp³-hybridized carbons (Fsp3) is 0.950. The monoisotopic (exact) mass is 456 g/mol. The van der Waals surface area contributed by atoms with Gasteiger partial charge in [-0.05, 0) is 70.1 Å². The molecule has 0 radical (unpaired) electrons. The smallest absolute Gasteiger partial charge is 0.485 e. The van der Waals surface area contributed by atoms with Crippen molar-refractivity contribution < 1.29 is 30.9 Å². The van der Waals surface area contributed by atoms with Gasteiger partial charge in [-0.25, -0.2) is 8.42 Å². The zero-order valence-corrected chi connectivity index (χ0v) is 18.3. The van der Waals surface area contributed by atoms with Crippen molar-refractivity contribution in [2.45, 2.75) is 105 Å². The van der Waals surface area contributed by atoms with E-state index in [-0.39, 0.29) is 0 Å². The Morgan fingerprint density at radius 2 is 1.52 bits per heavy atom. The Balaban J connectivity index is 0.000000258. The molecule has 4 aliphatic carbocycles. The lowest BCUT2D eigenvalue weighted by Gasteiger charge is -2.35. The van der Waals surface area contributed by atoms with Crippen LogP contribution in [0.2, 0.25) is 0 Å². The lowest BCUT2D eigenvalue weighted by Crippen LogP contribution is -2.48.